The van der Waals surface area contributed by atoms with Gasteiger partial charge in [0.15, 0.2) is 6.29 Å². The van der Waals surface area contributed by atoms with Crippen LogP contribution in [0.25, 0.3) is 22.0 Å². The number of unbranched alkanes of at least 4 members (excludes halogenated alkanes) is 3. The molecule has 1 aliphatic heterocycles. The van der Waals surface area contributed by atoms with Crippen molar-refractivity contribution in [1.82, 2.24) is 24.1 Å². The first-order chi connectivity index (χ1) is 29.7. The number of aldehydes is 1. The van der Waals surface area contributed by atoms with Gasteiger partial charge in [0, 0.05) is 79.1 Å². The number of hydrogen-bond acceptors (Lipinski definition) is 8. The molecule has 1 fully saturated rings. The highest BCUT2D eigenvalue weighted by atomic mass is 35.5. The van der Waals surface area contributed by atoms with Gasteiger partial charge in [-0.1, -0.05) is 60.8 Å². The normalized spacial score (nSPS) is 13.4. The van der Waals surface area contributed by atoms with Crippen LogP contribution < -0.4 is 4.74 Å². The summed E-state index contributed by atoms with van der Waals surface area (Å²) in [6.45, 7) is 20.2. The van der Waals surface area contributed by atoms with E-state index < -0.39 is 5.60 Å². The minimum atomic E-state index is -0.679. The maximum Gasteiger partial charge on any atom is 0.355 e. The van der Waals surface area contributed by atoms with Gasteiger partial charge in [-0.05, 0) is 109 Å². The maximum atomic E-state index is 14.5. The van der Waals surface area contributed by atoms with Crippen LogP contribution in [0.5, 0.6) is 5.75 Å². The molecule has 1 saturated heterocycles. The number of para-hydroxylation sites is 1. The number of fused-ring (bicyclic) bond motifs is 1. The van der Waals surface area contributed by atoms with E-state index in [1.165, 1.54) is 0 Å². The Bertz CT molecular complexity index is 2350. The van der Waals surface area contributed by atoms with E-state index in [1.807, 2.05) is 46.8 Å². The molecule has 0 aliphatic carbocycles. The lowest BCUT2D eigenvalue weighted by atomic mass is 9.98. The molecule has 0 spiro atoms. The molecule has 5 aromatic rings. The number of carbonyl (C=O) groups is 3. The molecule has 0 radical (unpaired) electrons. The number of morpholine rings is 1. The number of amides is 1. The second kappa shape index (κ2) is 20.9. The van der Waals surface area contributed by atoms with Gasteiger partial charge in [0.05, 0.1) is 36.6 Å². The van der Waals surface area contributed by atoms with Gasteiger partial charge in [-0.15, -0.1) is 0 Å². The quantitative estimate of drug-likeness (QED) is 0.0459. The fraction of sp³-hybridized carbons (Fsp3) is 0.480. The smallest absolute Gasteiger partial charge is 0.355 e. The Morgan fingerprint density at radius 2 is 1.61 bits per heavy atom. The van der Waals surface area contributed by atoms with E-state index in [4.69, 9.17) is 30.9 Å². The van der Waals surface area contributed by atoms with E-state index in [2.05, 4.69) is 46.2 Å². The van der Waals surface area contributed by atoms with Crippen molar-refractivity contribution in [2.75, 3.05) is 53.0 Å². The van der Waals surface area contributed by atoms with E-state index in [1.54, 1.807) is 36.2 Å². The molecular formula is C50H64ClN5O6. The molecule has 11 nitrogen and oxygen atoms in total. The minimum absolute atomic E-state index is 0.135. The third kappa shape index (κ3) is 11.2. The van der Waals surface area contributed by atoms with E-state index in [9.17, 15) is 14.4 Å². The molecule has 6 rings (SSSR count). The lowest BCUT2D eigenvalue weighted by Crippen LogP contribution is -2.38. The van der Waals surface area contributed by atoms with Gasteiger partial charge in [0.1, 0.15) is 17.0 Å². The summed E-state index contributed by atoms with van der Waals surface area (Å²) >= 11 is 6.44. The van der Waals surface area contributed by atoms with E-state index in [0.29, 0.717) is 62.6 Å². The lowest BCUT2D eigenvalue weighted by molar-refractivity contribution is 0.00536. The number of rotatable bonds is 19. The fourth-order valence-electron chi connectivity index (χ4n) is 8.58. The Kier molecular flexibility index (Phi) is 15.7. The minimum Gasteiger partial charge on any atom is -0.494 e. The van der Waals surface area contributed by atoms with Gasteiger partial charge in [0.2, 0.25) is 0 Å². The van der Waals surface area contributed by atoms with E-state index in [0.717, 1.165) is 119 Å². The number of benzene rings is 3. The molecule has 0 unspecified atom stereocenters. The zero-order chi connectivity index (χ0) is 44.6. The van der Waals surface area contributed by atoms with E-state index in [-0.39, 0.29) is 11.9 Å². The van der Waals surface area contributed by atoms with Crippen LogP contribution in [0.3, 0.4) is 0 Å². The summed E-state index contributed by atoms with van der Waals surface area (Å²) in [5.41, 5.74) is 8.85. The third-order valence-electron chi connectivity index (χ3n) is 11.7. The second-order valence-corrected chi connectivity index (χ2v) is 18.0. The number of halogens is 1. The molecule has 12 heteroatoms. The number of carbonyl (C=O) groups excluding carboxylic acids is 3. The summed E-state index contributed by atoms with van der Waals surface area (Å²) in [6.07, 6.45) is 5.82. The van der Waals surface area contributed by atoms with Gasteiger partial charge in [0.25, 0.3) is 5.91 Å². The van der Waals surface area contributed by atoms with Crippen LogP contribution in [-0.2, 0) is 29.0 Å². The molecule has 0 N–H and O–H groups in total. The van der Waals surface area contributed by atoms with Crippen molar-refractivity contribution in [1.29, 1.82) is 0 Å². The molecule has 0 bridgehead atoms. The Morgan fingerprint density at radius 3 is 2.32 bits per heavy atom. The molecule has 62 heavy (non-hydrogen) atoms. The zero-order valence-electron chi connectivity index (χ0n) is 37.9. The molecule has 0 atom stereocenters. The zero-order valence-corrected chi connectivity index (χ0v) is 38.7. The van der Waals surface area contributed by atoms with Gasteiger partial charge in [-0.25, -0.2) is 4.79 Å². The molecule has 3 heterocycles. The van der Waals surface area contributed by atoms with Crippen molar-refractivity contribution < 1.29 is 28.6 Å². The summed E-state index contributed by atoms with van der Waals surface area (Å²) in [7, 11) is 1.79. The number of esters is 1. The van der Waals surface area contributed by atoms with E-state index >= 15 is 0 Å². The van der Waals surface area contributed by atoms with Crippen LogP contribution >= 0.6 is 11.6 Å². The van der Waals surface area contributed by atoms with Crippen molar-refractivity contribution in [2.24, 2.45) is 0 Å². The fourth-order valence-corrected chi connectivity index (χ4v) is 8.69. The third-order valence-corrected chi connectivity index (χ3v) is 12.3. The average Bonchev–Trinajstić information content (AvgIpc) is 3.72. The SMILES string of the molecule is Cc1cc(OCCCc2c(C(=O)OC(C)(C)C)n(CCN3CCOCC3)c3c(-c4c(C)nn(CCCCCCN(C)C(=O)c5ccccc5C=O)c4C)cccc23)cc(C)c1Cl. The predicted molar refractivity (Wildman–Crippen MR) is 247 cm³/mol. The topological polar surface area (TPSA) is 108 Å². The highest BCUT2D eigenvalue weighted by molar-refractivity contribution is 6.32. The largest absolute Gasteiger partial charge is 0.494 e. The molecule has 332 valence electrons. The number of ether oxygens (including phenoxy) is 3. The Hall–Kier alpha value is -4.97. The van der Waals surface area contributed by atoms with Crippen LogP contribution in [0.2, 0.25) is 5.02 Å². The maximum absolute atomic E-state index is 14.5. The lowest BCUT2D eigenvalue weighted by Gasteiger charge is -2.27. The van der Waals surface area contributed by atoms with Crippen LogP contribution in [-0.4, -0.2) is 101 Å². The predicted octanol–water partition coefficient (Wildman–Crippen LogP) is 9.84. The Morgan fingerprint density at radius 1 is 0.903 bits per heavy atom. The summed E-state index contributed by atoms with van der Waals surface area (Å²) in [5.74, 6) is 0.323. The second-order valence-electron chi connectivity index (χ2n) is 17.6. The monoisotopic (exact) mass is 865 g/mol. The number of hydrogen-bond donors (Lipinski definition) is 0. The van der Waals surface area contributed by atoms with Crippen molar-refractivity contribution >= 4 is 40.7 Å². The first kappa shape index (κ1) is 46.5. The number of aromatic nitrogens is 3. The highest BCUT2D eigenvalue weighted by Crippen LogP contribution is 2.39. The average molecular weight is 867 g/mol. The van der Waals surface area contributed by atoms with Gasteiger partial charge in [-0.3, -0.25) is 19.2 Å². The van der Waals surface area contributed by atoms with Crippen molar-refractivity contribution in [3.05, 3.63) is 105 Å². The molecule has 3 aromatic carbocycles. The summed E-state index contributed by atoms with van der Waals surface area (Å²) in [6, 6.07) is 17.3. The van der Waals surface area contributed by atoms with Gasteiger partial charge >= 0.3 is 5.97 Å². The van der Waals surface area contributed by atoms with Crippen molar-refractivity contribution in [3.8, 4) is 16.9 Å². The number of aryl methyl sites for hydroxylation is 5. The van der Waals surface area contributed by atoms with Crippen LogP contribution in [0.4, 0.5) is 0 Å². The Balaban J connectivity index is 1.25. The number of nitrogens with zero attached hydrogens (tertiary/aromatic N) is 5. The summed E-state index contributed by atoms with van der Waals surface area (Å²) in [5, 5.41) is 6.86. The van der Waals surface area contributed by atoms with Crippen LogP contribution in [0.1, 0.15) is 112 Å². The molecule has 0 saturated carbocycles. The van der Waals surface area contributed by atoms with Gasteiger partial charge in [-0.2, -0.15) is 5.10 Å². The first-order valence-electron chi connectivity index (χ1n) is 22.1. The van der Waals surface area contributed by atoms with Crippen molar-refractivity contribution in [3.63, 3.8) is 0 Å². The molecule has 2 aromatic heterocycles. The Labute approximate surface area is 372 Å². The molecular weight excluding hydrogens is 802 g/mol. The van der Waals surface area contributed by atoms with Crippen LogP contribution in [0.15, 0.2) is 54.6 Å². The standard InChI is InChI=1S/C50H64ClN5O6/c1-34-31-39(32-35(2)45(34)51)61-28-16-21-42-41-19-15-20-43(46(41)55(25-24-54-26-29-60-30-27-54)47(42)49(59)62-50(5,6)7)44-36(3)52-56(37(44)4)23-14-10-9-13-22-53(8)48(58)40-18-12-11-17-38(40)33-57/h11-12,15,17-20,31-33H,9-10,13-14,16,21-30H2,1-8H3. The summed E-state index contributed by atoms with van der Waals surface area (Å²) in [4.78, 5) is 43.0. The summed E-state index contributed by atoms with van der Waals surface area (Å²) < 4.78 is 22.4. The van der Waals surface area contributed by atoms with Crippen molar-refractivity contribution in [2.45, 2.75) is 106 Å². The van der Waals surface area contributed by atoms with Gasteiger partial charge < -0.3 is 23.7 Å². The highest BCUT2D eigenvalue weighted by Gasteiger charge is 2.30. The van der Waals surface area contributed by atoms with Crippen LogP contribution in [0, 0.1) is 27.7 Å². The first-order valence-corrected chi connectivity index (χ1v) is 22.5. The molecule has 1 amide bonds. The molecule has 1 aliphatic rings.